The molecule has 0 aromatic heterocycles. The highest BCUT2D eigenvalue weighted by Gasteiger charge is 2.09. The number of rotatable bonds is 3. The summed E-state index contributed by atoms with van der Waals surface area (Å²) in [7, 11) is 0. The fraction of sp³-hybridized carbons (Fsp3) is 0.300. The van der Waals surface area contributed by atoms with Crippen molar-refractivity contribution in [2.45, 2.75) is 13.0 Å². The number of hydrogen-bond donors (Lipinski definition) is 0. The van der Waals surface area contributed by atoms with Gasteiger partial charge in [0.2, 0.25) is 0 Å². The van der Waals surface area contributed by atoms with Crippen molar-refractivity contribution in [3.8, 4) is 0 Å². The third kappa shape index (κ3) is 3.19. The molecule has 0 radical (unpaired) electrons. The number of esters is 1. The third-order valence-corrected chi connectivity index (χ3v) is 2.14. The Bertz CT molecular complexity index is 272. The van der Waals surface area contributed by atoms with E-state index >= 15 is 0 Å². The minimum atomic E-state index is -0.239. The van der Waals surface area contributed by atoms with E-state index in [1.165, 1.54) is 0 Å². The van der Waals surface area contributed by atoms with Crippen LogP contribution in [0.5, 0.6) is 0 Å². The topological polar surface area (TPSA) is 26.3 Å². The molecule has 0 aliphatic carbocycles. The highest BCUT2D eigenvalue weighted by Crippen LogP contribution is 2.15. The van der Waals surface area contributed by atoms with E-state index in [-0.39, 0.29) is 17.4 Å². The molecular weight excluding hydrogens is 232 g/mol. The summed E-state index contributed by atoms with van der Waals surface area (Å²) in [5.41, 5.74) is 1.01. The first-order chi connectivity index (χ1) is 6.24. The van der Waals surface area contributed by atoms with Crippen LogP contribution < -0.4 is 0 Å². The Labute approximate surface area is 86.0 Å². The molecular formula is C10H11BrO2. The van der Waals surface area contributed by atoms with Crippen LogP contribution in [0.2, 0.25) is 0 Å². The van der Waals surface area contributed by atoms with E-state index in [0.717, 1.165) is 5.56 Å². The number of carbonyl (C=O) groups excluding carboxylic acids is 1. The molecule has 0 bridgehead atoms. The van der Waals surface area contributed by atoms with Gasteiger partial charge in [0.15, 0.2) is 0 Å². The number of benzene rings is 1. The van der Waals surface area contributed by atoms with Crippen LogP contribution >= 0.6 is 15.9 Å². The summed E-state index contributed by atoms with van der Waals surface area (Å²) in [4.78, 5) is 10.9. The largest absolute Gasteiger partial charge is 0.457 e. The van der Waals surface area contributed by atoms with E-state index < -0.39 is 0 Å². The molecule has 0 fully saturated rings. The molecule has 2 nitrogen and oxygen atoms in total. The van der Waals surface area contributed by atoms with Gasteiger partial charge < -0.3 is 4.74 Å². The summed E-state index contributed by atoms with van der Waals surface area (Å²) in [6.45, 7) is 1.86. The van der Waals surface area contributed by atoms with Crippen LogP contribution in [0.15, 0.2) is 30.3 Å². The van der Waals surface area contributed by atoms with Crippen LogP contribution in [-0.4, -0.2) is 11.3 Å². The van der Waals surface area contributed by atoms with Gasteiger partial charge in [-0.15, -0.1) is 0 Å². The Kier molecular flexibility index (Phi) is 3.96. The Balaban J connectivity index is 2.59. The van der Waals surface area contributed by atoms with Gasteiger partial charge in [-0.1, -0.05) is 46.3 Å². The van der Waals surface area contributed by atoms with Gasteiger partial charge >= 0.3 is 5.97 Å². The molecule has 0 aliphatic rings. The van der Waals surface area contributed by atoms with Gasteiger partial charge in [0, 0.05) is 0 Å². The van der Waals surface area contributed by atoms with Gasteiger partial charge in [-0.2, -0.15) is 0 Å². The van der Waals surface area contributed by atoms with Crippen molar-refractivity contribution in [3.63, 3.8) is 0 Å². The van der Waals surface area contributed by atoms with Crippen molar-refractivity contribution < 1.29 is 9.53 Å². The van der Waals surface area contributed by atoms with Crippen molar-refractivity contribution in [1.29, 1.82) is 0 Å². The zero-order chi connectivity index (χ0) is 9.68. The van der Waals surface area contributed by atoms with Crippen LogP contribution in [0, 0.1) is 0 Å². The number of carbonyl (C=O) groups is 1. The van der Waals surface area contributed by atoms with Crippen LogP contribution in [0.3, 0.4) is 0 Å². The minimum Gasteiger partial charge on any atom is -0.457 e. The molecule has 0 N–H and O–H groups in total. The predicted molar refractivity (Wildman–Crippen MR) is 54.7 cm³/mol. The summed E-state index contributed by atoms with van der Waals surface area (Å²) < 4.78 is 5.10. The molecule has 0 spiro atoms. The Hall–Kier alpha value is -0.830. The molecule has 1 aromatic carbocycles. The molecule has 0 heterocycles. The molecule has 0 unspecified atom stereocenters. The van der Waals surface area contributed by atoms with Crippen molar-refractivity contribution in [3.05, 3.63) is 35.9 Å². The normalized spacial score (nSPS) is 12.2. The summed E-state index contributed by atoms with van der Waals surface area (Å²) in [6.07, 6.45) is -0.175. The van der Waals surface area contributed by atoms with Crippen molar-refractivity contribution in [2.75, 3.05) is 5.33 Å². The lowest BCUT2D eigenvalue weighted by molar-refractivity contribution is -0.145. The summed E-state index contributed by atoms with van der Waals surface area (Å²) >= 11 is 3.04. The lowest BCUT2D eigenvalue weighted by Gasteiger charge is -2.11. The van der Waals surface area contributed by atoms with E-state index in [9.17, 15) is 4.79 Å². The zero-order valence-electron chi connectivity index (χ0n) is 7.37. The van der Waals surface area contributed by atoms with E-state index in [1.807, 2.05) is 37.3 Å². The molecule has 70 valence electrons. The van der Waals surface area contributed by atoms with Gasteiger partial charge in [-0.25, -0.2) is 0 Å². The summed E-state index contributed by atoms with van der Waals surface area (Å²) in [5.74, 6) is -0.239. The van der Waals surface area contributed by atoms with E-state index in [4.69, 9.17) is 4.74 Å². The molecule has 13 heavy (non-hydrogen) atoms. The van der Waals surface area contributed by atoms with Gasteiger partial charge in [-0.3, -0.25) is 4.79 Å². The number of hydrogen-bond acceptors (Lipinski definition) is 2. The highest BCUT2D eigenvalue weighted by atomic mass is 79.9. The van der Waals surface area contributed by atoms with E-state index in [2.05, 4.69) is 15.9 Å². The SMILES string of the molecule is C[C@@H](OC(=O)CBr)c1ccccc1. The Morgan fingerprint density at radius 3 is 2.62 bits per heavy atom. The lowest BCUT2D eigenvalue weighted by Crippen LogP contribution is -2.09. The first-order valence-electron chi connectivity index (χ1n) is 4.04. The Morgan fingerprint density at radius 2 is 2.08 bits per heavy atom. The maximum atomic E-state index is 10.9. The molecule has 0 saturated heterocycles. The molecule has 0 amide bonds. The van der Waals surface area contributed by atoms with Gasteiger partial charge in [0.25, 0.3) is 0 Å². The van der Waals surface area contributed by atoms with Gasteiger partial charge in [0.1, 0.15) is 11.4 Å². The first kappa shape index (κ1) is 10.3. The molecule has 1 rings (SSSR count). The second kappa shape index (κ2) is 5.02. The van der Waals surface area contributed by atoms with Crippen LogP contribution in [0.25, 0.3) is 0 Å². The third-order valence-electron chi connectivity index (χ3n) is 1.69. The van der Waals surface area contributed by atoms with Gasteiger partial charge in [-0.05, 0) is 12.5 Å². The first-order valence-corrected chi connectivity index (χ1v) is 5.16. The van der Waals surface area contributed by atoms with Gasteiger partial charge in [0.05, 0.1) is 0 Å². The monoisotopic (exact) mass is 242 g/mol. The highest BCUT2D eigenvalue weighted by molar-refractivity contribution is 9.09. The minimum absolute atomic E-state index is 0.175. The quantitative estimate of drug-likeness (QED) is 0.602. The second-order valence-corrected chi connectivity index (χ2v) is 3.24. The second-order valence-electron chi connectivity index (χ2n) is 2.68. The molecule has 1 atom stereocenters. The molecule has 1 aromatic rings. The fourth-order valence-corrected chi connectivity index (χ4v) is 1.15. The fourth-order valence-electron chi connectivity index (χ4n) is 1.02. The zero-order valence-corrected chi connectivity index (χ0v) is 8.95. The summed E-state index contributed by atoms with van der Waals surface area (Å²) in [6, 6.07) is 9.66. The standard InChI is InChI=1S/C10H11BrO2/c1-8(13-10(12)7-11)9-5-3-2-4-6-9/h2-6,8H,7H2,1H3/t8-/m1/s1. The average Bonchev–Trinajstić information content (AvgIpc) is 2.19. The van der Waals surface area contributed by atoms with Crippen LogP contribution in [0.4, 0.5) is 0 Å². The molecule has 3 heteroatoms. The number of ether oxygens (including phenoxy) is 1. The van der Waals surface area contributed by atoms with Crippen molar-refractivity contribution >= 4 is 21.9 Å². The van der Waals surface area contributed by atoms with E-state index in [0.29, 0.717) is 0 Å². The van der Waals surface area contributed by atoms with Crippen LogP contribution in [0.1, 0.15) is 18.6 Å². The molecule has 0 saturated carbocycles. The number of alkyl halides is 1. The smallest absolute Gasteiger partial charge is 0.317 e. The maximum Gasteiger partial charge on any atom is 0.317 e. The summed E-state index contributed by atoms with van der Waals surface area (Å²) in [5, 5.41) is 0.240. The van der Waals surface area contributed by atoms with Crippen molar-refractivity contribution in [1.82, 2.24) is 0 Å². The number of halogens is 1. The predicted octanol–water partition coefficient (Wildman–Crippen LogP) is 2.69. The lowest BCUT2D eigenvalue weighted by atomic mass is 10.1. The van der Waals surface area contributed by atoms with Crippen molar-refractivity contribution in [2.24, 2.45) is 0 Å². The average molecular weight is 243 g/mol. The molecule has 0 aliphatic heterocycles. The maximum absolute atomic E-state index is 10.9. The van der Waals surface area contributed by atoms with E-state index in [1.54, 1.807) is 0 Å². The van der Waals surface area contributed by atoms with Crippen LogP contribution in [-0.2, 0) is 9.53 Å². The Morgan fingerprint density at radius 1 is 1.46 bits per heavy atom.